The standard InChI is InChI=1S/C17H24N6O2/c18-5-9-23-16-15(19-6-7-20-16)14(21-23)12-4-8-22(11-12)17(24)13-3-1-2-10-25-13/h6-7,12-13H,1-5,8-11,18H2. The quantitative estimate of drug-likeness (QED) is 0.875. The number of nitrogens with two attached hydrogens (primary N) is 1. The number of hydrogen-bond acceptors (Lipinski definition) is 6. The number of nitrogens with zero attached hydrogens (tertiary/aromatic N) is 5. The van der Waals surface area contributed by atoms with Crippen molar-refractivity contribution in [1.29, 1.82) is 0 Å². The SMILES string of the molecule is NCCn1nc(C2CCN(C(=O)C3CCCCO3)C2)c2nccnc21. The molecule has 4 heterocycles. The van der Waals surface area contributed by atoms with Crippen molar-refractivity contribution in [2.24, 2.45) is 5.73 Å². The van der Waals surface area contributed by atoms with Gasteiger partial charge in [0.15, 0.2) is 5.65 Å². The number of ether oxygens (including phenoxy) is 1. The Labute approximate surface area is 146 Å². The van der Waals surface area contributed by atoms with Gasteiger partial charge in [-0.3, -0.25) is 4.79 Å². The van der Waals surface area contributed by atoms with Gasteiger partial charge in [-0.2, -0.15) is 5.10 Å². The first-order valence-electron chi connectivity index (χ1n) is 9.06. The molecule has 2 aromatic heterocycles. The van der Waals surface area contributed by atoms with Crippen LogP contribution in [0.4, 0.5) is 0 Å². The van der Waals surface area contributed by atoms with Crippen LogP contribution >= 0.6 is 0 Å². The highest BCUT2D eigenvalue weighted by molar-refractivity contribution is 5.81. The van der Waals surface area contributed by atoms with Crippen LogP contribution in [0.3, 0.4) is 0 Å². The molecule has 0 radical (unpaired) electrons. The third-order valence-electron chi connectivity index (χ3n) is 5.08. The molecule has 134 valence electrons. The first-order valence-corrected chi connectivity index (χ1v) is 9.06. The zero-order valence-corrected chi connectivity index (χ0v) is 14.3. The van der Waals surface area contributed by atoms with Gasteiger partial charge in [0.25, 0.3) is 5.91 Å². The zero-order valence-electron chi connectivity index (χ0n) is 14.3. The summed E-state index contributed by atoms with van der Waals surface area (Å²) in [5.74, 6) is 0.310. The van der Waals surface area contributed by atoms with Crippen LogP contribution in [0.5, 0.6) is 0 Å². The van der Waals surface area contributed by atoms with Crippen LogP contribution in [0, 0.1) is 0 Å². The van der Waals surface area contributed by atoms with E-state index in [0.29, 0.717) is 26.2 Å². The molecule has 0 saturated carbocycles. The minimum absolute atomic E-state index is 0.124. The van der Waals surface area contributed by atoms with Gasteiger partial charge < -0.3 is 15.4 Å². The molecule has 8 heteroatoms. The normalized spacial score (nSPS) is 24.1. The molecular weight excluding hydrogens is 320 g/mol. The molecular formula is C17H24N6O2. The Morgan fingerprint density at radius 2 is 2.16 bits per heavy atom. The summed E-state index contributed by atoms with van der Waals surface area (Å²) in [6.45, 7) is 3.22. The van der Waals surface area contributed by atoms with E-state index in [0.717, 1.165) is 49.1 Å². The monoisotopic (exact) mass is 344 g/mol. The molecule has 4 rings (SSSR count). The van der Waals surface area contributed by atoms with E-state index in [1.165, 1.54) is 0 Å². The topological polar surface area (TPSA) is 99.2 Å². The molecule has 2 atom stereocenters. The van der Waals surface area contributed by atoms with Crippen LogP contribution in [0.25, 0.3) is 11.2 Å². The molecule has 0 aromatic carbocycles. The lowest BCUT2D eigenvalue weighted by atomic mass is 10.0. The number of carbonyl (C=O) groups is 1. The van der Waals surface area contributed by atoms with E-state index in [9.17, 15) is 4.79 Å². The summed E-state index contributed by atoms with van der Waals surface area (Å²) < 4.78 is 7.48. The molecule has 2 aliphatic rings. The van der Waals surface area contributed by atoms with Crippen molar-refractivity contribution in [2.45, 2.75) is 44.2 Å². The fraction of sp³-hybridized carbons (Fsp3) is 0.647. The molecule has 2 unspecified atom stereocenters. The Morgan fingerprint density at radius 3 is 2.96 bits per heavy atom. The predicted molar refractivity (Wildman–Crippen MR) is 91.9 cm³/mol. The van der Waals surface area contributed by atoms with E-state index in [1.807, 2.05) is 9.58 Å². The first-order chi connectivity index (χ1) is 12.3. The van der Waals surface area contributed by atoms with Gasteiger partial charge >= 0.3 is 0 Å². The molecule has 0 spiro atoms. The maximum Gasteiger partial charge on any atom is 0.251 e. The summed E-state index contributed by atoms with van der Waals surface area (Å²) in [5, 5.41) is 4.71. The highest BCUT2D eigenvalue weighted by Gasteiger charge is 2.35. The van der Waals surface area contributed by atoms with E-state index < -0.39 is 0 Å². The van der Waals surface area contributed by atoms with Gasteiger partial charge in [-0.25, -0.2) is 14.6 Å². The lowest BCUT2D eigenvalue weighted by Crippen LogP contribution is -2.40. The average molecular weight is 344 g/mol. The van der Waals surface area contributed by atoms with Crippen LogP contribution < -0.4 is 5.73 Å². The van der Waals surface area contributed by atoms with Gasteiger partial charge in [-0.15, -0.1) is 0 Å². The van der Waals surface area contributed by atoms with Crippen molar-refractivity contribution in [3.63, 3.8) is 0 Å². The molecule has 2 N–H and O–H groups in total. The molecule has 2 aromatic rings. The summed E-state index contributed by atoms with van der Waals surface area (Å²) in [7, 11) is 0. The van der Waals surface area contributed by atoms with E-state index in [4.69, 9.17) is 15.6 Å². The van der Waals surface area contributed by atoms with E-state index in [-0.39, 0.29) is 17.9 Å². The van der Waals surface area contributed by atoms with Crippen molar-refractivity contribution < 1.29 is 9.53 Å². The Morgan fingerprint density at radius 1 is 1.28 bits per heavy atom. The van der Waals surface area contributed by atoms with Crippen molar-refractivity contribution >= 4 is 17.1 Å². The Bertz CT molecular complexity index is 755. The highest BCUT2D eigenvalue weighted by Crippen LogP contribution is 2.31. The van der Waals surface area contributed by atoms with E-state index in [2.05, 4.69) is 9.97 Å². The van der Waals surface area contributed by atoms with Gasteiger partial charge in [0, 0.05) is 44.6 Å². The predicted octanol–water partition coefficient (Wildman–Crippen LogP) is 0.670. The lowest BCUT2D eigenvalue weighted by Gasteiger charge is -2.26. The summed E-state index contributed by atoms with van der Waals surface area (Å²) in [6, 6.07) is 0. The van der Waals surface area contributed by atoms with Crippen LogP contribution in [-0.4, -0.2) is 62.9 Å². The van der Waals surface area contributed by atoms with Gasteiger partial charge in [0.1, 0.15) is 11.6 Å². The molecule has 2 saturated heterocycles. The third kappa shape index (κ3) is 3.11. The summed E-state index contributed by atoms with van der Waals surface area (Å²) in [6.07, 6.45) is 6.94. The smallest absolute Gasteiger partial charge is 0.251 e. The van der Waals surface area contributed by atoms with E-state index >= 15 is 0 Å². The highest BCUT2D eigenvalue weighted by atomic mass is 16.5. The van der Waals surface area contributed by atoms with Gasteiger partial charge in [-0.1, -0.05) is 0 Å². The molecule has 2 aliphatic heterocycles. The number of likely N-dealkylation sites (tertiary alicyclic amines) is 1. The second-order valence-electron chi connectivity index (χ2n) is 6.75. The number of hydrogen-bond donors (Lipinski definition) is 1. The maximum atomic E-state index is 12.7. The fourth-order valence-corrected chi connectivity index (χ4v) is 3.80. The largest absolute Gasteiger partial charge is 0.368 e. The summed E-state index contributed by atoms with van der Waals surface area (Å²) >= 11 is 0. The second-order valence-corrected chi connectivity index (χ2v) is 6.75. The summed E-state index contributed by atoms with van der Waals surface area (Å²) in [5.41, 5.74) is 8.20. The first kappa shape index (κ1) is 16.4. The Balaban J connectivity index is 1.53. The molecule has 2 fully saturated rings. The van der Waals surface area contributed by atoms with Crippen LogP contribution in [0.1, 0.15) is 37.3 Å². The Kier molecular flexibility index (Phi) is 4.63. The third-order valence-corrected chi connectivity index (χ3v) is 5.08. The number of aromatic nitrogens is 4. The van der Waals surface area contributed by atoms with Crippen molar-refractivity contribution in [3.8, 4) is 0 Å². The maximum absolute atomic E-state index is 12.7. The van der Waals surface area contributed by atoms with Crippen molar-refractivity contribution in [1.82, 2.24) is 24.6 Å². The molecule has 25 heavy (non-hydrogen) atoms. The second kappa shape index (κ2) is 7.05. The molecule has 8 nitrogen and oxygen atoms in total. The molecule has 0 aliphatic carbocycles. The van der Waals surface area contributed by atoms with E-state index in [1.54, 1.807) is 12.4 Å². The van der Waals surface area contributed by atoms with Gasteiger partial charge in [0.2, 0.25) is 0 Å². The number of rotatable bonds is 4. The minimum atomic E-state index is -0.265. The zero-order chi connectivity index (χ0) is 17.2. The van der Waals surface area contributed by atoms with Crippen molar-refractivity contribution in [2.75, 3.05) is 26.2 Å². The minimum Gasteiger partial charge on any atom is -0.368 e. The Hall–Kier alpha value is -2.06. The van der Waals surface area contributed by atoms with Gasteiger partial charge in [-0.05, 0) is 25.7 Å². The average Bonchev–Trinajstić information content (AvgIpc) is 3.28. The number of amides is 1. The molecule has 0 bridgehead atoms. The van der Waals surface area contributed by atoms with Gasteiger partial charge in [0.05, 0.1) is 12.2 Å². The summed E-state index contributed by atoms with van der Waals surface area (Å²) in [4.78, 5) is 23.5. The lowest BCUT2D eigenvalue weighted by molar-refractivity contribution is -0.145. The molecule has 1 amide bonds. The van der Waals surface area contributed by atoms with Crippen LogP contribution in [0.2, 0.25) is 0 Å². The van der Waals surface area contributed by atoms with Crippen LogP contribution in [-0.2, 0) is 16.1 Å². The number of carbonyl (C=O) groups excluding carboxylic acids is 1. The van der Waals surface area contributed by atoms with Crippen molar-refractivity contribution in [3.05, 3.63) is 18.1 Å². The fourth-order valence-electron chi connectivity index (χ4n) is 3.80. The van der Waals surface area contributed by atoms with Crippen LogP contribution in [0.15, 0.2) is 12.4 Å². The number of fused-ring (bicyclic) bond motifs is 1.